The van der Waals surface area contributed by atoms with Crippen molar-refractivity contribution in [3.63, 3.8) is 0 Å². The van der Waals surface area contributed by atoms with Crippen molar-refractivity contribution < 1.29 is 22.0 Å². The summed E-state index contributed by atoms with van der Waals surface area (Å²) in [6.45, 7) is 0.686. The third-order valence-electron chi connectivity index (χ3n) is 2.64. The van der Waals surface area contributed by atoms with Crippen molar-refractivity contribution in [1.29, 1.82) is 0 Å². The predicted octanol–water partition coefficient (Wildman–Crippen LogP) is 0.123. The van der Waals surface area contributed by atoms with E-state index in [2.05, 4.69) is 31.1 Å². The highest BCUT2D eigenvalue weighted by molar-refractivity contribution is 7.94. The minimum absolute atomic E-state index is 0.0583. The normalized spacial score (nSPS) is 11.5. The molecule has 0 atom stereocenters. The summed E-state index contributed by atoms with van der Waals surface area (Å²) in [7, 11) is -2.77. The molecule has 1 aromatic carbocycles. The fraction of sp³-hybridized carbons (Fsp3) is 0.250. The smallest absolute Gasteiger partial charge is 0.294 e. The molecule has 0 aliphatic carbocycles. The van der Waals surface area contributed by atoms with Crippen molar-refractivity contribution in [3.05, 3.63) is 24.3 Å². The number of anilines is 3. The third kappa shape index (κ3) is 6.68. The Morgan fingerprint density at radius 1 is 1.31 bits per heavy atom. The molecule has 0 spiro atoms. The lowest BCUT2D eigenvalue weighted by molar-refractivity contribution is 0.148. The van der Waals surface area contributed by atoms with Crippen molar-refractivity contribution in [2.24, 2.45) is 0 Å². The Labute approximate surface area is 153 Å². The summed E-state index contributed by atoms with van der Waals surface area (Å²) in [5.74, 6) is 0.0191. The van der Waals surface area contributed by atoms with Gasteiger partial charge in [-0.15, -0.1) is 0 Å². The number of nitrogens with zero attached hydrogens (tertiary/aromatic N) is 3. The molecule has 6 N–H and O–H groups in total. The Kier molecular flexibility index (Phi) is 7.46. The van der Waals surface area contributed by atoms with E-state index >= 15 is 0 Å². The number of methoxy groups -OCH3 is 1. The highest BCUT2D eigenvalue weighted by Gasteiger charge is 2.11. The van der Waals surface area contributed by atoms with Crippen LogP contribution < -0.4 is 21.8 Å². The van der Waals surface area contributed by atoms with Gasteiger partial charge in [-0.2, -0.15) is 28.8 Å². The largest absolute Gasteiger partial charge is 0.370 e. The molecule has 12 nitrogen and oxygen atoms in total. The minimum Gasteiger partial charge on any atom is -0.370 e. The van der Waals surface area contributed by atoms with Gasteiger partial charge in [-0.1, -0.05) is 6.07 Å². The number of hydrogen-bond acceptors (Lipinski definition) is 12. The fourth-order valence-corrected chi connectivity index (χ4v) is 2.60. The molecule has 14 heteroatoms. The first-order chi connectivity index (χ1) is 12.4. The van der Waals surface area contributed by atoms with Crippen molar-refractivity contribution in [2.45, 2.75) is 10.1 Å². The number of nitrogen functional groups attached to an aromatic ring is 1. The summed E-state index contributed by atoms with van der Waals surface area (Å²) < 4.78 is 41.3. The quantitative estimate of drug-likeness (QED) is 0.119. The van der Waals surface area contributed by atoms with E-state index in [1.165, 1.54) is 18.2 Å². The van der Waals surface area contributed by atoms with Gasteiger partial charge in [0.15, 0.2) is 0 Å². The molecule has 0 aliphatic heterocycles. The Balaban J connectivity index is 2.01. The number of ether oxygens (including phenoxy) is 1. The molecule has 0 bridgehead atoms. The van der Waals surface area contributed by atoms with Gasteiger partial charge in [-0.3, -0.25) is 9.87 Å². The summed E-state index contributed by atoms with van der Waals surface area (Å²) in [6, 6.07) is 5.50. The van der Waals surface area contributed by atoms with Gasteiger partial charge in [0.25, 0.3) is 10.1 Å². The molecule has 0 unspecified atom stereocenters. The van der Waals surface area contributed by atoms with Crippen LogP contribution >= 0.6 is 12.0 Å². The molecule has 0 radical (unpaired) electrons. The molecule has 1 aromatic heterocycles. The Morgan fingerprint density at radius 3 is 2.85 bits per heavy atom. The van der Waals surface area contributed by atoms with Crippen LogP contribution in [0.25, 0.3) is 0 Å². The zero-order chi connectivity index (χ0) is 19.0. The van der Waals surface area contributed by atoms with E-state index in [0.717, 1.165) is 12.0 Å². The maximum atomic E-state index is 11.2. The molecule has 0 aliphatic rings. The summed E-state index contributed by atoms with van der Waals surface area (Å²) in [4.78, 5) is 11.6. The highest BCUT2D eigenvalue weighted by atomic mass is 32.2. The van der Waals surface area contributed by atoms with Gasteiger partial charge in [0.1, 0.15) is 0 Å². The molecule has 1 heterocycles. The van der Waals surface area contributed by atoms with Crippen molar-refractivity contribution in [3.8, 4) is 0 Å². The number of hydrogen-bond donors (Lipinski definition) is 5. The van der Waals surface area contributed by atoms with E-state index < -0.39 is 10.1 Å². The van der Waals surface area contributed by atoms with Gasteiger partial charge >= 0.3 is 0 Å². The lowest BCUT2D eigenvalue weighted by Crippen LogP contribution is -2.28. The SMILES string of the molecule is COCNCNOSc1nc(N)nc(Nc2cccc(S(=O)(=O)O)c2)n1. The second kappa shape index (κ2) is 9.58. The first-order valence-electron chi connectivity index (χ1n) is 7.00. The van der Waals surface area contributed by atoms with E-state index in [4.69, 9.17) is 19.3 Å². The number of aromatic nitrogens is 3. The first kappa shape index (κ1) is 20.2. The van der Waals surface area contributed by atoms with Crippen LogP contribution in [0.5, 0.6) is 0 Å². The van der Waals surface area contributed by atoms with E-state index in [-0.39, 0.29) is 21.9 Å². The summed E-state index contributed by atoms with van der Waals surface area (Å²) in [5.41, 5.74) is 8.56. The van der Waals surface area contributed by atoms with Crippen LogP contribution in [-0.2, 0) is 19.1 Å². The Hall–Kier alpha value is -2.07. The van der Waals surface area contributed by atoms with Crippen LogP contribution in [0, 0.1) is 0 Å². The van der Waals surface area contributed by atoms with Gasteiger partial charge in [0, 0.05) is 12.8 Å². The summed E-state index contributed by atoms with van der Waals surface area (Å²) in [6.07, 6.45) is 0. The number of rotatable bonds is 10. The van der Waals surface area contributed by atoms with Crippen molar-refractivity contribution >= 4 is 39.7 Å². The van der Waals surface area contributed by atoms with Crippen LogP contribution in [0.4, 0.5) is 17.6 Å². The van der Waals surface area contributed by atoms with Gasteiger partial charge in [0.2, 0.25) is 17.1 Å². The standard InChI is InChI=1S/C12H17N7O5S2/c1-23-7-14-6-15-24-25-12-18-10(13)17-11(19-12)16-8-3-2-4-9(5-8)26(20,21)22/h2-5,14-15H,6-7H2,1H3,(H,20,21,22)(H3,13,16,17,18,19). The molecule has 2 rings (SSSR count). The third-order valence-corrected chi connectivity index (χ3v) is 4.02. The van der Waals surface area contributed by atoms with E-state index in [1.807, 2.05) is 0 Å². The van der Waals surface area contributed by atoms with E-state index in [0.29, 0.717) is 19.1 Å². The van der Waals surface area contributed by atoms with Gasteiger partial charge in [-0.25, -0.2) is 4.28 Å². The maximum Gasteiger partial charge on any atom is 0.294 e. The second-order valence-electron chi connectivity index (χ2n) is 4.60. The lowest BCUT2D eigenvalue weighted by atomic mass is 10.3. The van der Waals surface area contributed by atoms with Gasteiger partial charge < -0.3 is 15.8 Å². The molecule has 2 aromatic rings. The zero-order valence-electron chi connectivity index (χ0n) is 13.5. The van der Waals surface area contributed by atoms with E-state index in [9.17, 15) is 8.42 Å². The minimum atomic E-state index is -4.32. The fourth-order valence-electron chi connectivity index (χ4n) is 1.63. The molecule has 0 fully saturated rings. The van der Waals surface area contributed by atoms with Gasteiger partial charge in [0.05, 0.1) is 30.3 Å². The Bertz CT molecular complexity index is 836. The maximum absolute atomic E-state index is 11.2. The number of hydroxylamine groups is 1. The lowest BCUT2D eigenvalue weighted by Gasteiger charge is -2.08. The molecular formula is C12H17N7O5S2. The number of nitrogens with two attached hydrogens (primary N) is 1. The average Bonchev–Trinajstić information content (AvgIpc) is 2.57. The summed E-state index contributed by atoms with van der Waals surface area (Å²) in [5, 5.41) is 5.81. The summed E-state index contributed by atoms with van der Waals surface area (Å²) >= 11 is 0.815. The number of benzene rings is 1. The first-order valence-corrected chi connectivity index (χ1v) is 9.19. The molecule has 26 heavy (non-hydrogen) atoms. The highest BCUT2D eigenvalue weighted by Crippen LogP contribution is 2.20. The molecule has 0 amide bonds. The van der Waals surface area contributed by atoms with Crippen LogP contribution in [0.2, 0.25) is 0 Å². The second-order valence-corrected chi connectivity index (χ2v) is 6.72. The predicted molar refractivity (Wildman–Crippen MR) is 93.7 cm³/mol. The number of nitrogens with one attached hydrogen (secondary N) is 3. The molecule has 0 saturated carbocycles. The Morgan fingerprint density at radius 2 is 2.12 bits per heavy atom. The monoisotopic (exact) mass is 403 g/mol. The molecule has 142 valence electrons. The van der Waals surface area contributed by atoms with Crippen LogP contribution in [-0.4, -0.2) is 48.4 Å². The van der Waals surface area contributed by atoms with Crippen molar-refractivity contribution in [2.75, 3.05) is 31.6 Å². The average molecular weight is 403 g/mol. The molecular weight excluding hydrogens is 386 g/mol. The van der Waals surface area contributed by atoms with Crippen LogP contribution in [0.1, 0.15) is 0 Å². The van der Waals surface area contributed by atoms with Crippen molar-refractivity contribution in [1.82, 2.24) is 25.7 Å². The van der Waals surface area contributed by atoms with E-state index in [1.54, 1.807) is 13.2 Å². The topological polar surface area (TPSA) is 174 Å². The van der Waals surface area contributed by atoms with Crippen LogP contribution in [0.15, 0.2) is 34.3 Å². The molecule has 0 saturated heterocycles. The zero-order valence-corrected chi connectivity index (χ0v) is 15.2. The van der Waals surface area contributed by atoms with Crippen LogP contribution in [0.3, 0.4) is 0 Å². The van der Waals surface area contributed by atoms with Gasteiger partial charge in [-0.05, 0) is 18.2 Å².